The van der Waals surface area contributed by atoms with Gasteiger partial charge in [-0.05, 0) is 53.5 Å². The summed E-state index contributed by atoms with van der Waals surface area (Å²) in [6.07, 6.45) is 3.00. The number of nitrogens with zero attached hydrogens (tertiary/aromatic N) is 1. The van der Waals surface area contributed by atoms with Crippen LogP contribution < -0.4 is 5.32 Å². The molecule has 0 saturated heterocycles. The van der Waals surface area contributed by atoms with E-state index in [-0.39, 0.29) is 0 Å². The van der Waals surface area contributed by atoms with Gasteiger partial charge in [-0.15, -0.1) is 11.3 Å². The molecule has 0 aliphatic rings. The minimum atomic E-state index is 0.384. The van der Waals surface area contributed by atoms with Crippen LogP contribution >= 0.6 is 39.0 Å². The Kier molecular flexibility index (Phi) is 5.88. The molecule has 0 amide bonds. The molecule has 1 atom stereocenters. The average molecular weight is 357 g/mol. The van der Waals surface area contributed by atoms with Crippen molar-refractivity contribution in [3.8, 4) is 0 Å². The van der Waals surface area contributed by atoms with Crippen molar-refractivity contribution in [2.75, 3.05) is 6.54 Å². The summed E-state index contributed by atoms with van der Waals surface area (Å²) in [5.74, 6) is 0. The summed E-state index contributed by atoms with van der Waals surface area (Å²) >= 11 is 7.02. The van der Waals surface area contributed by atoms with Crippen LogP contribution in [0, 0.1) is 0 Å². The Balaban J connectivity index is 2.08. The van der Waals surface area contributed by atoms with Crippen LogP contribution in [0.1, 0.15) is 31.9 Å². The molecular weight excluding hydrogens is 340 g/mol. The van der Waals surface area contributed by atoms with E-state index in [1.165, 1.54) is 10.5 Å². The number of halogens is 1. The second-order valence-corrected chi connectivity index (χ2v) is 7.30. The Labute approximate surface area is 131 Å². The molecule has 1 aromatic carbocycles. The molecule has 0 radical (unpaired) electrons. The van der Waals surface area contributed by atoms with E-state index < -0.39 is 0 Å². The molecule has 2 aromatic rings. The predicted octanol–water partition coefficient (Wildman–Crippen LogP) is 5.12. The van der Waals surface area contributed by atoms with Crippen molar-refractivity contribution in [1.29, 1.82) is 0 Å². The van der Waals surface area contributed by atoms with Crippen molar-refractivity contribution in [3.63, 3.8) is 0 Å². The lowest BCUT2D eigenvalue weighted by atomic mass is 10.1. The maximum Gasteiger partial charge on any atom is 0.154 e. The minimum absolute atomic E-state index is 0.384. The molecule has 0 aliphatic carbocycles. The molecule has 1 heterocycles. The third-order valence-electron chi connectivity index (χ3n) is 2.76. The van der Waals surface area contributed by atoms with Gasteiger partial charge in [0.15, 0.2) is 4.34 Å². The summed E-state index contributed by atoms with van der Waals surface area (Å²) in [6, 6.07) is 6.93. The van der Waals surface area contributed by atoms with E-state index in [0.717, 1.165) is 21.8 Å². The Morgan fingerprint density at radius 3 is 2.95 bits per heavy atom. The van der Waals surface area contributed by atoms with Crippen molar-refractivity contribution in [1.82, 2.24) is 10.3 Å². The van der Waals surface area contributed by atoms with E-state index in [4.69, 9.17) is 0 Å². The van der Waals surface area contributed by atoms with Gasteiger partial charge in [0.1, 0.15) is 0 Å². The number of aromatic nitrogens is 1. The van der Waals surface area contributed by atoms with Gasteiger partial charge in [-0.1, -0.05) is 24.8 Å². The van der Waals surface area contributed by atoms with Gasteiger partial charge in [0.25, 0.3) is 0 Å². The molecule has 2 nitrogen and oxygen atoms in total. The minimum Gasteiger partial charge on any atom is -0.310 e. The van der Waals surface area contributed by atoms with Crippen LogP contribution in [0.3, 0.4) is 0 Å². The summed E-state index contributed by atoms with van der Waals surface area (Å²) in [4.78, 5) is 5.51. The van der Waals surface area contributed by atoms with Gasteiger partial charge in [-0.2, -0.15) is 0 Å². The highest BCUT2D eigenvalue weighted by molar-refractivity contribution is 9.10. The van der Waals surface area contributed by atoms with Crippen LogP contribution in [0.4, 0.5) is 0 Å². The van der Waals surface area contributed by atoms with Crippen molar-refractivity contribution in [2.24, 2.45) is 0 Å². The second kappa shape index (κ2) is 7.43. The molecule has 0 saturated carbocycles. The third-order valence-corrected chi connectivity index (χ3v) is 5.64. The molecule has 2 rings (SSSR count). The highest BCUT2D eigenvalue weighted by Crippen LogP contribution is 2.35. The van der Waals surface area contributed by atoms with E-state index in [2.05, 4.69) is 58.3 Å². The van der Waals surface area contributed by atoms with E-state index in [1.54, 1.807) is 23.1 Å². The van der Waals surface area contributed by atoms with Crippen molar-refractivity contribution < 1.29 is 0 Å². The van der Waals surface area contributed by atoms with Crippen molar-refractivity contribution >= 4 is 39.0 Å². The SMILES string of the molecule is CCCNC(C)c1ccc(Sc2nccs2)c(Br)c1. The van der Waals surface area contributed by atoms with E-state index in [0.29, 0.717) is 6.04 Å². The molecule has 0 fully saturated rings. The van der Waals surface area contributed by atoms with Gasteiger partial charge in [-0.25, -0.2) is 4.98 Å². The Morgan fingerprint density at radius 1 is 1.47 bits per heavy atom. The van der Waals surface area contributed by atoms with Crippen LogP contribution in [0.15, 0.2) is 43.5 Å². The fourth-order valence-electron chi connectivity index (χ4n) is 1.70. The first-order valence-corrected chi connectivity index (χ1v) is 8.79. The number of thiazole rings is 1. The molecule has 1 unspecified atom stereocenters. The number of hydrogen-bond acceptors (Lipinski definition) is 4. The fraction of sp³-hybridized carbons (Fsp3) is 0.357. The first kappa shape index (κ1) is 15.0. The second-order valence-electron chi connectivity index (χ2n) is 4.27. The van der Waals surface area contributed by atoms with Crippen molar-refractivity contribution in [3.05, 3.63) is 39.8 Å². The first-order valence-electron chi connectivity index (χ1n) is 6.31. The quantitative estimate of drug-likeness (QED) is 0.777. The first-order chi connectivity index (χ1) is 9.20. The smallest absolute Gasteiger partial charge is 0.154 e. The lowest BCUT2D eigenvalue weighted by Gasteiger charge is -2.15. The van der Waals surface area contributed by atoms with Crippen LogP contribution in [0.2, 0.25) is 0 Å². The molecule has 0 bridgehead atoms. The lowest BCUT2D eigenvalue weighted by molar-refractivity contribution is 0.570. The Hall–Kier alpha value is -0.360. The van der Waals surface area contributed by atoms with Gasteiger partial charge >= 0.3 is 0 Å². The van der Waals surface area contributed by atoms with Crippen LogP contribution in [0.5, 0.6) is 0 Å². The monoisotopic (exact) mass is 356 g/mol. The van der Waals surface area contributed by atoms with Gasteiger partial charge in [0, 0.05) is 27.0 Å². The standard InChI is InChI=1S/C14H17BrN2S2/c1-3-6-16-10(2)11-4-5-13(12(15)9-11)19-14-17-7-8-18-14/h4-5,7-10,16H,3,6H2,1-2H3. The van der Waals surface area contributed by atoms with Gasteiger partial charge in [-0.3, -0.25) is 0 Å². The third kappa shape index (κ3) is 4.31. The topological polar surface area (TPSA) is 24.9 Å². The van der Waals surface area contributed by atoms with Crippen LogP contribution in [0.25, 0.3) is 0 Å². The Bertz CT molecular complexity index is 514. The highest BCUT2D eigenvalue weighted by atomic mass is 79.9. The number of rotatable bonds is 6. The van der Waals surface area contributed by atoms with Crippen LogP contribution in [-0.4, -0.2) is 11.5 Å². The average Bonchev–Trinajstić information content (AvgIpc) is 2.91. The molecule has 0 aliphatic heterocycles. The van der Waals surface area contributed by atoms with Gasteiger partial charge in [0.05, 0.1) is 0 Å². The number of nitrogens with one attached hydrogen (secondary N) is 1. The molecule has 1 aromatic heterocycles. The fourth-order valence-corrected chi connectivity index (χ4v) is 3.92. The summed E-state index contributed by atoms with van der Waals surface area (Å²) in [7, 11) is 0. The van der Waals surface area contributed by atoms with Crippen molar-refractivity contribution in [2.45, 2.75) is 35.5 Å². The molecule has 5 heteroatoms. The molecule has 102 valence electrons. The van der Waals surface area contributed by atoms with Gasteiger partial charge in [0.2, 0.25) is 0 Å². The van der Waals surface area contributed by atoms with Crippen LogP contribution in [-0.2, 0) is 0 Å². The molecule has 1 N–H and O–H groups in total. The summed E-state index contributed by atoms with van der Waals surface area (Å²) in [5.41, 5.74) is 1.31. The lowest BCUT2D eigenvalue weighted by Crippen LogP contribution is -2.19. The maximum atomic E-state index is 4.30. The maximum absolute atomic E-state index is 4.30. The predicted molar refractivity (Wildman–Crippen MR) is 87.1 cm³/mol. The van der Waals surface area contributed by atoms with E-state index >= 15 is 0 Å². The Morgan fingerprint density at radius 2 is 2.32 bits per heavy atom. The summed E-state index contributed by atoms with van der Waals surface area (Å²) in [5, 5.41) is 5.50. The highest BCUT2D eigenvalue weighted by Gasteiger charge is 2.09. The summed E-state index contributed by atoms with van der Waals surface area (Å²) < 4.78 is 2.21. The zero-order valence-corrected chi connectivity index (χ0v) is 14.2. The largest absolute Gasteiger partial charge is 0.310 e. The zero-order valence-electron chi connectivity index (χ0n) is 11.0. The molecule has 19 heavy (non-hydrogen) atoms. The van der Waals surface area contributed by atoms with Gasteiger partial charge < -0.3 is 5.32 Å². The molecular formula is C14H17BrN2S2. The summed E-state index contributed by atoms with van der Waals surface area (Å²) in [6.45, 7) is 5.43. The normalized spacial score (nSPS) is 12.6. The number of benzene rings is 1. The zero-order chi connectivity index (χ0) is 13.7. The van der Waals surface area contributed by atoms with E-state index in [9.17, 15) is 0 Å². The van der Waals surface area contributed by atoms with E-state index in [1.807, 2.05) is 11.6 Å². The number of hydrogen-bond donors (Lipinski definition) is 1. The molecule has 0 spiro atoms.